The summed E-state index contributed by atoms with van der Waals surface area (Å²) in [5.74, 6) is 0.564. The second-order valence-electron chi connectivity index (χ2n) is 7.07. The van der Waals surface area contributed by atoms with Gasteiger partial charge in [-0.3, -0.25) is 14.4 Å². The summed E-state index contributed by atoms with van der Waals surface area (Å²) >= 11 is 5.95. The first-order valence-electron chi connectivity index (χ1n) is 8.21. The highest BCUT2D eigenvalue weighted by atomic mass is 35.5. The van der Waals surface area contributed by atoms with E-state index in [1.165, 1.54) is 0 Å². The summed E-state index contributed by atoms with van der Waals surface area (Å²) in [6, 6.07) is 0.417. The van der Waals surface area contributed by atoms with Gasteiger partial charge in [0, 0.05) is 38.4 Å². The Bertz CT molecular complexity index is 568. The lowest BCUT2D eigenvalue weighted by molar-refractivity contribution is -0.139. The molecule has 7 heteroatoms. The molecule has 0 bridgehead atoms. The summed E-state index contributed by atoms with van der Waals surface area (Å²) in [6.45, 7) is 11.1. The Morgan fingerprint density at radius 3 is 2.65 bits per heavy atom. The number of hydrogen-bond donors (Lipinski definition) is 0. The first-order chi connectivity index (χ1) is 10.9. The largest absolute Gasteiger partial charge is 0.379 e. The fraction of sp³-hybridized carbons (Fsp3) is 0.750. The molecule has 23 heavy (non-hydrogen) atoms. The number of morpholine rings is 1. The summed E-state index contributed by atoms with van der Waals surface area (Å²) in [5.41, 5.74) is -0.729. The molecule has 2 aliphatic rings. The van der Waals surface area contributed by atoms with Crippen molar-refractivity contribution in [3.05, 3.63) is 17.4 Å². The number of nitrogens with zero attached hydrogens (tertiary/aromatic N) is 4. The van der Waals surface area contributed by atoms with Gasteiger partial charge in [0.1, 0.15) is 5.54 Å². The van der Waals surface area contributed by atoms with Crippen LogP contribution in [0.5, 0.6) is 0 Å². The highest BCUT2D eigenvalue weighted by molar-refractivity contribution is 6.30. The molecule has 2 atom stereocenters. The molecule has 0 aliphatic carbocycles. The zero-order chi connectivity index (χ0) is 16.6. The third-order valence-corrected chi connectivity index (χ3v) is 5.22. The van der Waals surface area contributed by atoms with E-state index < -0.39 is 5.54 Å². The van der Waals surface area contributed by atoms with Crippen molar-refractivity contribution in [3.8, 4) is 0 Å². The van der Waals surface area contributed by atoms with Gasteiger partial charge in [0.2, 0.25) is 5.91 Å². The Morgan fingerprint density at radius 1 is 1.35 bits per heavy atom. The Kier molecular flexibility index (Phi) is 4.67. The standard InChI is InChI=1S/C16H25ClN4O2/c1-12-9-20(11-14(12)19-4-6-23-7-5-19)15(22)16(2,3)21-10-13(17)8-18-21/h8,10,12,14H,4-7,9,11H2,1-3H3/t12-,14-/m1/s1. The minimum absolute atomic E-state index is 0.0971. The van der Waals surface area contributed by atoms with Crippen LogP contribution in [0, 0.1) is 5.92 Å². The summed E-state index contributed by atoms with van der Waals surface area (Å²) in [7, 11) is 0. The van der Waals surface area contributed by atoms with Crippen LogP contribution in [0.3, 0.4) is 0 Å². The van der Waals surface area contributed by atoms with Crippen LogP contribution in [-0.4, -0.2) is 70.9 Å². The van der Waals surface area contributed by atoms with Crippen LogP contribution in [0.25, 0.3) is 0 Å². The van der Waals surface area contributed by atoms with Gasteiger partial charge in [-0.25, -0.2) is 0 Å². The van der Waals surface area contributed by atoms with Crippen molar-refractivity contribution in [2.75, 3.05) is 39.4 Å². The third-order valence-electron chi connectivity index (χ3n) is 5.02. The summed E-state index contributed by atoms with van der Waals surface area (Å²) in [5, 5.41) is 4.77. The fourth-order valence-electron chi connectivity index (χ4n) is 3.59. The zero-order valence-corrected chi connectivity index (χ0v) is 14.8. The van der Waals surface area contributed by atoms with E-state index in [4.69, 9.17) is 16.3 Å². The maximum Gasteiger partial charge on any atom is 0.250 e. The number of aromatic nitrogens is 2. The van der Waals surface area contributed by atoms with Gasteiger partial charge in [0.15, 0.2) is 0 Å². The third kappa shape index (κ3) is 3.25. The van der Waals surface area contributed by atoms with Gasteiger partial charge >= 0.3 is 0 Å². The lowest BCUT2D eigenvalue weighted by Crippen LogP contribution is -2.49. The minimum Gasteiger partial charge on any atom is -0.379 e. The molecule has 6 nitrogen and oxygen atoms in total. The lowest BCUT2D eigenvalue weighted by Gasteiger charge is -2.34. The number of halogens is 1. The van der Waals surface area contributed by atoms with Crippen molar-refractivity contribution in [1.29, 1.82) is 0 Å². The molecule has 128 valence electrons. The van der Waals surface area contributed by atoms with Crippen molar-refractivity contribution in [3.63, 3.8) is 0 Å². The molecule has 0 unspecified atom stereocenters. The quantitative estimate of drug-likeness (QED) is 0.835. The number of likely N-dealkylation sites (tertiary alicyclic amines) is 1. The van der Waals surface area contributed by atoms with E-state index in [-0.39, 0.29) is 5.91 Å². The van der Waals surface area contributed by atoms with E-state index in [9.17, 15) is 4.79 Å². The topological polar surface area (TPSA) is 50.6 Å². The van der Waals surface area contributed by atoms with E-state index in [1.807, 2.05) is 18.7 Å². The first-order valence-corrected chi connectivity index (χ1v) is 8.59. The highest BCUT2D eigenvalue weighted by Gasteiger charge is 2.42. The van der Waals surface area contributed by atoms with Crippen LogP contribution in [-0.2, 0) is 15.1 Å². The average Bonchev–Trinajstić information content (AvgIpc) is 3.14. The molecule has 0 spiro atoms. The molecule has 3 rings (SSSR count). The predicted molar refractivity (Wildman–Crippen MR) is 88.5 cm³/mol. The molecule has 0 N–H and O–H groups in total. The lowest BCUT2D eigenvalue weighted by atomic mass is 10.0. The van der Waals surface area contributed by atoms with Crippen LogP contribution in [0.15, 0.2) is 12.4 Å². The molecule has 3 heterocycles. The van der Waals surface area contributed by atoms with Crippen LogP contribution in [0.4, 0.5) is 0 Å². The second kappa shape index (κ2) is 6.42. The number of carbonyl (C=O) groups excluding carboxylic acids is 1. The van der Waals surface area contributed by atoms with Gasteiger partial charge in [-0.1, -0.05) is 18.5 Å². The molecule has 0 aromatic carbocycles. The SMILES string of the molecule is C[C@@H]1CN(C(=O)C(C)(C)n2cc(Cl)cn2)C[C@H]1N1CCOCC1. The number of amides is 1. The molecular weight excluding hydrogens is 316 g/mol. The molecular formula is C16H25ClN4O2. The van der Waals surface area contributed by atoms with Gasteiger partial charge in [0.05, 0.1) is 24.4 Å². The smallest absolute Gasteiger partial charge is 0.250 e. The Morgan fingerprint density at radius 2 is 2.04 bits per heavy atom. The van der Waals surface area contributed by atoms with Crippen molar-refractivity contribution < 1.29 is 9.53 Å². The minimum atomic E-state index is -0.729. The Hall–Kier alpha value is -1.11. The van der Waals surface area contributed by atoms with E-state index >= 15 is 0 Å². The number of hydrogen-bond acceptors (Lipinski definition) is 4. The van der Waals surface area contributed by atoms with Gasteiger partial charge in [-0.2, -0.15) is 5.10 Å². The van der Waals surface area contributed by atoms with Crippen LogP contribution < -0.4 is 0 Å². The van der Waals surface area contributed by atoms with Gasteiger partial charge in [-0.15, -0.1) is 0 Å². The van der Waals surface area contributed by atoms with Gasteiger partial charge in [0.25, 0.3) is 0 Å². The summed E-state index contributed by atoms with van der Waals surface area (Å²) in [4.78, 5) is 17.5. The zero-order valence-electron chi connectivity index (χ0n) is 14.0. The normalized spacial score (nSPS) is 26.7. The Labute approximate surface area is 142 Å². The van der Waals surface area contributed by atoms with Crippen molar-refractivity contribution >= 4 is 17.5 Å². The monoisotopic (exact) mass is 340 g/mol. The van der Waals surface area contributed by atoms with Gasteiger partial charge < -0.3 is 9.64 Å². The molecule has 1 aromatic heterocycles. The number of rotatable bonds is 3. The Balaban J connectivity index is 1.70. The highest BCUT2D eigenvalue weighted by Crippen LogP contribution is 2.27. The van der Waals surface area contributed by atoms with E-state index in [0.29, 0.717) is 17.0 Å². The second-order valence-corrected chi connectivity index (χ2v) is 7.50. The molecule has 0 saturated carbocycles. The van der Waals surface area contributed by atoms with Crippen molar-refractivity contribution in [1.82, 2.24) is 19.6 Å². The van der Waals surface area contributed by atoms with Crippen molar-refractivity contribution in [2.45, 2.75) is 32.4 Å². The van der Waals surface area contributed by atoms with Crippen molar-refractivity contribution in [2.24, 2.45) is 5.92 Å². The van der Waals surface area contributed by atoms with E-state index in [2.05, 4.69) is 16.9 Å². The van der Waals surface area contributed by atoms with E-state index in [1.54, 1.807) is 17.1 Å². The predicted octanol–water partition coefficient (Wildman–Crippen LogP) is 1.45. The molecule has 1 amide bonds. The van der Waals surface area contributed by atoms with Crippen LogP contribution in [0.1, 0.15) is 20.8 Å². The molecule has 2 aliphatic heterocycles. The van der Waals surface area contributed by atoms with Gasteiger partial charge in [-0.05, 0) is 19.8 Å². The molecule has 2 fully saturated rings. The molecule has 1 aromatic rings. The maximum atomic E-state index is 13.0. The average molecular weight is 341 g/mol. The summed E-state index contributed by atoms with van der Waals surface area (Å²) in [6.07, 6.45) is 3.28. The maximum absolute atomic E-state index is 13.0. The van der Waals surface area contributed by atoms with Crippen LogP contribution >= 0.6 is 11.6 Å². The summed E-state index contributed by atoms with van der Waals surface area (Å²) < 4.78 is 7.09. The first kappa shape index (κ1) is 16.7. The fourth-order valence-corrected chi connectivity index (χ4v) is 3.73. The number of carbonyl (C=O) groups is 1. The molecule has 0 radical (unpaired) electrons. The molecule has 2 saturated heterocycles. The number of ether oxygens (including phenoxy) is 1. The van der Waals surface area contributed by atoms with Crippen LogP contribution in [0.2, 0.25) is 5.02 Å². The van der Waals surface area contributed by atoms with E-state index in [0.717, 1.165) is 39.4 Å².